The molecule has 3 heterocycles. The van der Waals surface area contributed by atoms with Crippen molar-refractivity contribution in [2.24, 2.45) is 7.05 Å². The number of fused-ring (bicyclic) bond motifs is 1. The molecule has 0 saturated carbocycles. The first-order valence-corrected chi connectivity index (χ1v) is 10.4. The van der Waals surface area contributed by atoms with Crippen LogP contribution in [-0.4, -0.2) is 51.2 Å². The summed E-state index contributed by atoms with van der Waals surface area (Å²) in [5.74, 6) is 0.0853. The van der Waals surface area contributed by atoms with E-state index in [1.54, 1.807) is 4.68 Å². The Balaban J connectivity index is 1.28. The molecule has 3 aromatic rings. The van der Waals surface area contributed by atoms with Crippen LogP contribution in [0.15, 0.2) is 60.7 Å². The Morgan fingerprint density at radius 2 is 1.76 bits per heavy atom. The zero-order valence-corrected chi connectivity index (χ0v) is 16.8. The molecule has 148 valence electrons. The van der Waals surface area contributed by atoms with Gasteiger partial charge in [-0.25, -0.2) is 0 Å². The summed E-state index contributed by atoms with van der Waals surface area (Å²) < 4.78 is 1.72. The number of nitrogens with zero attached hydrogens (tertiary/aromatic N) is 4. The maximum atomic E-state index is 13.2. The molecule has 0 radical (unpaired) electrons. The quantitative estimate of drug-likeness (QED) is 0.693. The van der Waals surface area contributed by atoms with Crippen molar-refractivity contribution in [1.29, 1.82) is 0 Å². The zero-order chi connectivity index (χ0) is 19.8. The molecule has 1 amide bonds. The average molecular weight is 386 g/mol. The standard InChI is InChI=1S/C24H26N4O/c1-26-23(15-22(25-26)19-8-3-2-4-9-19)24(29)28-14-12-21(17-28)27-13-11-18-7-5-6-10-20(18)16-27/h2-10,15,21H,11-14,16-17H2,1H3. The monoisotopic (exact) mass is 386 g/mol. The van der Waals surface area contributed by atoms with E-state index in [0.717, 1.165) is 50.3 Å². The number of aryl methyl sites for hydroxylation is 1. The topological polar surface area (TPSA) is 41.4 Å². The molecule has 29 heavy (non-hydrogen) atoms. The number of benzene rings is 2. The van der Waals surface area contributed by atoms with E-state index in [-0.39, 0.29) is 5.91 Å². The lowest BCUT2D eigenvalue weighted by atomic mass is 9.98. The fraction of sp³-hybridized carbons (Fsp3) is 0.333. The molecule has 0 spiro atoms. The molecule has 5 heteroatoms. The maximum Gasteiger partial charge on any atom is 0.272 e. The minimum absolute atomic E-state index is 0.0853. The van der Waals surface area contributed by atoms with E-state index in [4.69, 9.17) is 0 Å². The second kappa shape index (κ2) is 7.48. The Bertz CT molecular complexity index is 1030. The highest BCUT2D eigenvalue weighted by molar-refractivity contribution is 5.94. The zero-order valence-electron chi connectivity index (χ0n) is 16.8. The van der Waals surface area contributed by atoms with Crippen molar-refractivity contribution in [3.63, 3.8) is 0 Å². The highest BCUT2D eigenvalue weighted by Crippen LogP contribution is 2.26. The summed E-state index contributed by atoms with van der Waals surface area (Å²) in [6.07, 6.45) is 2.14. The van der Waals surface area contributed by atoms with Gasteiger partial charge in [0.05, 0.1) is 5.69 Å². The Kier molecular flexibility index (Phi) is 4.68. The highest BCUT2D eigenvalue weighted by atomic mass is 16.2. The van der Waals surface area contributed by atoms with Crippen LogP contribution in [0.25, 0.3) is 11.3 Å². The summed E-state index contributed by atoms with van der Waals surface area (Å²) in [5.41, 5.74) is 5.45. The normalized spacial score (nSPS) is 19.3. The number of amides is 1. The van der Waals surface area contributed by atoms with Crippen LogP contribution in [0.3, 0.4) is 0 Å². The molecule has 1 saturated heterocycles. The van der Waals surface area contributed by atoms with Gasteiger partial charge in [0, 0.05) is 44.8 Å². The van der Waals surface area contributed by atoms with E-state index in [0.29, 0.717) is 11.7 Å². The molecule has 1 fully saturated rings. The van der Waals surface area contributed by atoms with Crippen LogP contribution < -0.4 is 0 Å². The Morgan fingerprint density at radius 1 is 1.00 bits per heavy atom. The van der Waals surface area contributed by atoms with E-state index in [1.165, 1.54) is 11.1 Å². The molecule has 1 aromatic heterocycles. The predicted octanol–water partition coefficient (Wildman–Crippen LogP) is 3.36. The molecule has 1 unspecified atom stereocenters. The third-order valence-electron chi connectivity index (χ3n) is 6.30. The second-order valence-electron chi connectivity index (χ2n) is 8.09. The average Bonchev–Trinajstić information content (AvgIpc) is 3.41. The van der Waals surface area contributed by atoms with Gasteiger partial charge in [0.2, 0.25) is 0 Å². The maximum absolute atomic E-state index is 13.2. The minimum atomic E-state index is 0.0853. The molecular weight excluding hydrogens is 360 g/mol. The van der Waals surface area contributed by atoms with Crippen LogP contribution in [0.4, 0.5) is 0 Å². The van der Waals surface area contributed by atoms with Crippen LogP contribution in [0.5, 0.6) is 0 Å². The number of rotatable bonds is 3. The summed E-state index contributed by atoms with van der Waals surface area (Å²) in [6.45, 7) is 3.68. The first kappa shape index (κ1) is 18.1. The van der Waals surface area contributed by atoms with Gasteiger partial charge in [-0.3, -0.25) is 14.4 Å². The van der Waals surface area contributed by atoms with Crippen LogP contribution in [0.2, 0.25) is 0 Å². The molecule has 0 aliphatic carbocycles. The third-order valence-corrected chi connectivity index (χ3v) is 6.30. The van der Waals surface area contributed by atoms with Gasteiger partial charge in [-0.1, -0.05) is 54.6 Å². The van der Waals surface area contributed by atoms with Crippen LogP contribution >= 0.6 is 0 Å². The van der Waals surface area contributed by atoms with Gasteiger partial charge in [0.25, 0.3) is 5.91 Å². The van der Waals surface area contributed by atoms with Crippen molar-refractivity contribution in [2.45, 2.75) is 25.4 Å². The number of carbonyl (C=O) groups is 1. The molecule has 0 bridgehead atoms. The lowest BCUT2D eigenvalue weighted by Crippen LogP contribution is -2.41. The molecule has 0 N–H and O–H groups in total. The smallest absolute Gasteiger partial charge is 0.272 e. The van der Waals surface area contributed by atoms with E-state index < -0.39 is 0 Å². The number of likely N-dealkylation sites (tertiary alicyclic amines) is 1. The van der Waals surface area contributed by atoms with Crippen LogP contribution in [-0.2, 0) is 20.0 Å². The van der Waals surface area contributed by atoms with Gasteiger partial charge >= 0.3 is 0 Å². The van der Waals surface area contributed by atoms with Gasteiger partial charge in [-0.15, -0.1) is 0 Å². The van der Waals surface area contributed by atoms with Gasteiger partial charge in [-0.05, 0) is 30.0 Å². The Labute approximate surface area is 171 Å². The van der Waals surface area contributed by atoms with Crippen LogP contribution in [0, 0.1) is 0 Å². The first-order valence-electron chi connectivity index (χ1n) is 10.4. The van der Waals surface area contributed by atoms with Crippen molar-refractivity contribution in [2.75, 3.05) is 19.6 Å². The fourth-order valence-electron chi connectivity index (χ4n) is 4.63. The predicted molar refractivity (Wildman–Crippen MR) is 114 cm³/mol. The van der Waals surface area contributed by atoms with E-state index >= 15 is 0 Å². The largest absolute Gasteiger partial charge is 0.336 e. The molecule has 2 aliphatic heterocycles. The van der Waals surface area contributed by atoms with Gasteiger partial charge in [0.1, 0.15) is 5.69 Å². The number of hydrogen-bond donors (Lipinski definition) is 0. The minimum Gasteiger partial charge on any atom is -0.336 e. The van der Waals surface area contributed by atoms with Crippen molar-refractivity contribution >= 4 is 5.91 Å². The summed E-state index contributed by atoms with van der Waals surface area (Å²) in [5, 5.41) is 4.57. The SMILES string of the molecule is Cn1nc(-c2ccccc2)cc1C(=O)N1CCC(N2CCc3ccccc3C2)C1. The summed E-state index contributed by atoms with van der Waals surface area (Å²) in [7, 11) is 1.86. The Hall–Kier alpha value is -2.92. The van der Waals surface area contributed by atoms with E-state index in [2.05, 4.69) is 34.3 Å². The van der Waals surface area contributed by atoms with Crippen molar-refractivity contribution in [3.05, 3.63) is 77.5 Å². The van der Waals surface area contributed by atoms with Crippen molar-refractivity contribution in [1.82, 2.24) is 19.6 Å². The van der Waals surface area contributed by atoms with Gasteiger partial charge in [0.15, 0.2) is 0 Å². The van der Waals surface area contributed by atoms with Crippen molar-refractivity contribution in [3.8, 4) is 11.3 Å². The molecule has 2 aromatic carbocycles. The molecule has 2 aliphatic rings. The number of carbonyl (C=O) groups excluding carboxylic acids is 1. The van der Waals surface area contributed by atoms with Gasteiger partial charge < -0.3 is 4.90 Å². The summed E-state index contributed by atoms with van der Waals surface area (Å²) in [4.78, 5) is 17.7. The van der Waals surface area contributed by atoms with E-state index in [9.17, 15) is 4.79 Å². The molecule has 5 nitrogen and oxygen atoms in total. The summed E-state index contributed by atoms with van der Waals surface area (Å²) in [6, 6.07) is 21.1. The number of hydrogen-bond acceptors (Lipinski definition) is 3. The van der Waals surface area contributed by atoms with Crippen LogP contribution in [0.1, 0.15) is 28.0 Å². The molecule has 1 atom stereocenters. The summed E-state index contributed by atoms with van der Waals surface area (Å²) >= 11 is 0. The number of aromatic nitrogens is 2. The fourth-order valence-corrected chi connectivity index (χ4v) is 4.63. The first-order chi connectivity index (χ1) is 14.2. The lowest BCUT2D eigenvalue weighted by Gasteiger charge is -2.33. The van der Waals surface area contributed by atoms with Gasteiger partial charge in [-0.2, -0.15) is 5.10 Å². The highest BCUT2D eigenvalue weighted by Gasteiger charge is 2.33. The van der Waals surface area contributed by atoms with E-state index in [1.807, 2.05) is 48.3 Å². The third kappa shape index (κ3) is 3.47. The lowest BCUT2D eigenvalue weighted by molar-refractivity contribution is 0.0762. The molecular formula is C24H26N4O. The molecule has 5 rings (SSSR count). The van der Waals surface area contributed by atoms with Crippen molar-refractivity contribution < 1.29 is 4.79 Å². The second-order valence-corrected chi connectivity index (χ2v) is 8.09. The Morgan fingerprint density at radius 3 is 2.59 bits per heavy atom.